The van der Waals surface area contributed by atoms with Crippen molar-refractivity contribution in [1.82, 2.24) is 8.61 Å². The molecule has 78 valence electrons. The van der Waals surface area contributed by atoms with Gasteiger partial charge < -0.3 is 5.11 Å². The van der Waals surface area contributed by atoms with Crippen LogP contribution in [0.1, 0.15) is 12.8 Å². The van der Waals surface area contributed by atoms with Crippen LogP contribution >= 0.6 is 0 Å². The van der Waals surface area contributed by atoms with Crippen molar-refractivity contribution in [3.05, 3.63) is 0 Å². The Kier molecular flexibility index (Phi) is 3.28. The van der Waals surface area contributed by atoms with Crippen molar-refractivity contribution in [2.24, 2.45) is 0 Å². The Labute approximate surface area is 79.1 Å². The molecule has 0 saturated carbocycles. The van der Waals surface area contributed by atoms with Gasteiger partial charge >= 0.3 is 0 Å². The van der Waals surface area contributed by atoms with E-state index in [1.54, 1.807) is 0 Å². The molecule has 5 nitrogen and oxygen atoms in total. The zero-order valence-corrected chi connectivity index (χ0v) is 8.79. The van der Waals surface area contributed by atoms with Crippen molar-refractivity contribution >= 4 is 10.2 Å². The number of aliphatic hydroxyl groups excluding tert-OH is 1. The average Bonchev–Trinajstić information content (AvgIpc) is 2.04. The molecule has 1 aliphatic heterocycles. The van der Waals surface area contributed by atoms with Crippen LogP contribution in [0, 0.1) is 0 Å². The molecule has 0 unspecified atom stereocenters. The minimum atomic E-state index is -3.27. The molecule has 1 heterocycles. The van der Waals surface area contributed by atoms with Gasteiger partial charge in [-0.1, -0.05) is 0 Å². The van der Waals surface area contributed by atoms with Gasteiger partial charge in [-0.2, -0.15) is 17.0 Å². The Morgan fingerprint density at radius 2 is 1.77 bits per heavy atom. The lowest BCUT2D eigenvalue weighted by Crippen LogP contribution is -2.45. The molecule has 6 heteroatoms. The Morgan fingerprint density at radius 1 is 1.31 bits per heavy atom. The molecule has 1 aliphatic rings. The van der Waals surface area contributed by atoms with Crippen molar-refractivity contribution in [2.75, 3.05) is 27.2 Å². The Bertz CT molecular complexity index is 255. The van der Waals surface area contributed by atoms with Crippen molar-refractivity contribution in [3.63, 3.8) is 0 Å². The first-order chi connectivity index (χ1) is 5.94. The number of piperidine rings is 1. The molecule has 1 fully saturated rings. The Balaban J connectivity index is 2.64. The van der Waals surface area contributed by atoms with Gasteiger partial charge in [-0.15, -0.1) is 0 Å². The topological polar surface area (TPSA) is 60.9 Å². The van der Waals surface area contributed by atoms with Gasteiger partial charge in [0.2, 0.25) is 0 Å². The van der Waals surface area contributed by atoms with E-state index in [1.807, 2.05) is 0 Å². The van der Waals surface area contributed by atoms with Gasteiger partial charge in [0.15, 0.2) is 0 Å². The van der Waals surface area contributed by atoms with E-state index in [0.29, 0.717) is 25.9 Å². The highest BCUT2D eigenvalue weighted by Gasteiger charge is 2.28. The summed E-state index contributed by atoms with van der Waals surface area (Å²) in [6.07, 6.45) is 0.730. The molecule has 0 amide bonds. The summed E-state index contributed by atoms with van der Waals surface area (Å²) < 4.78 is 25.7. The molecule has 0 aromatic carbocycles. The lowest BCUT2D eigenvalue weighted by molar-refractivity contribution is 0.111. The smallest absolute Gasteiger partial charge is 0.281 e. The summed E-state index contributed by atoms with van der Waals surface area (Å²) in [4.78, 5) is 0. The van der Waals surface area contributed by atoms with Gasteiger partial charge in [0.25, 0.3) is 10.2 Å². The van der Waals surface area contributed by atoms with Crippen LogP contribution in [0.2, 0.25) is 0 Å². The van der Waals surface area contributed by atoms with E-state index in [2.05, 4.69) is 0 Å². The summed E-state index contributed by atoms with van der Waals surface area (Å²) >= 11 is 0. The largest absolute Gasteiger partial charge is 0.393 e. The monoisotopic (exact) mass is 208 g/mol. The Morgan fingerprint density at radius 3 is 2.15 bits per heavy atom. The molecule has 0 bridgehead atoms. The summed E-state index contributed by atoms with van der Waals surface area (Å²) in [5, 5.41) is 9.20. The third kappa shape index (κ3) is 2.40. The van der Waals surface area contributed by atoms with Crippen molar-refractivity contribution in [2.45, 2.75) is 18.9 Å². The number of hydrogen-bond acceptors (Lipinski definition) is 3. The molecular weight excluding hydrogens is 192 g/mol. The van der Waals surface area contributed by atoms with Gasteiger partial charge in [0.05, 0.1) is 6.10 Å². The van der Waals surface area contributed by atoms with Crippen LogP contribution in [0.5, 0.6) is 0 Å². The lowest BCUT2D eigenvalue weighted by Gasteiger charge is -2.30. The molecule has 1 N–H and O–H groups in total. The van der Waals surface area contributed by atoms with Gasteiger partial charge in [-0.3, -0.25) is 0 Å². The van der Waals surface area contributed by atoms with Gasteiger partial charge in [0.1, 0.15) is 0 Å². The second kappa shape index (κ2) is 3.91. The third-order valence-electron chi connectivity index (χ3n) is 2.21. The van der Waals surface area contributed by atoms with Crippen LogP contribution in [0.15, 0.2) is 0 Å². The summed E-state index contributed by atoms with van der Waals surface area (Å²) in [6, 6.07) is 0. The lowest BCUT2D eigenvalue weighted by atomic mass is 10.1. The number of nitrogens with zero attached hydrogens (tertiary/aromatic N) is 2. The minimum Gasteiger partial charge on any atom is -0.393 e. The normalized spacial score (nSPS) is 22.5. The van der Waals surface area contributed by atoms with Gasteiger partial charge in [-0.05, 0) is 12.8 Å². The quantitative estimate of drug-likeness (QED) is 0.649. The summed E-state index contributed by atoms with van der Waals surface area (Å²) in [7, 11) is -0.239. The van der Waals surface area contributed by atoms with Crippen LogP contribution in [0.25, 0.3) is 0 Å². The minimum absolute atomic E-state index is 0.339. The second-order valence-electron chi connectivity index (χ2n) is 3.42. The highest BCUT2D eigenvalue weighted by molar-refractivity contribution is 7.86. The van der Waals surface area contributed by atoms with E-state index in [4.69, 9.17) is 0 Å². The number of hydrogen-bond donors (Lipinski definition) is 1. The highest BCUT2D eigenvalue weighted by Crippen LogP contribution is 2.14. The summed E-state index contributed by atoms with van der Waals surface area (Å²) in [5.41, 5.74) is 0. The van der Waals surface area contributed by atoms with E-state index < -0.39 is 10.2 Å². The maximum atomic E-state index is 11.6. The van der Waals surface area contributed by atoms with Crippen LogP contribution in [0.3, 0.4) is 0 Å². The molecule has 0 aliphatic carbocycles. The zero-order valence-electron chi connectivity index (χ0n) is 7.97. The summed E-state index contributed by atoms with van der Waals surface area (Å²) in [6.45, 7) is 0.837. The van der Waals surface area contributed by atoms with Gasteiger partial charge in [0, 0.05) is 27.2 Å². The highest BCUT2D eigenvalue weighted by atomic mass is 32.2. The van der Waals surface area contributed by atoms with Crippen LogP contribution in [-0.4, -0.2) is 55.4 Å². The predicted octanol–water partition coefficient (Wildman–Crippen LogP) is -0.750. The maximum absolute atomic E-state index is 11.6. The van der Waals surface area contributed by atoms with E-state index in [-0.39, 0.29) is 6.10 Å². The fourth-order valence-electron chi connectivity index (χ4n) is 1.30. The van der Waals surface area contributed by atoms with Crippen molar-refractivity contribution in [3.8, 4) is 0 Å². The zero-order chi connectivity index (χ0) is 10.1. The fraction of sp³-hybridized carbons (Fsp3) is 1.00. The van der Waals surface area contributed by atoms with E-state index in [1.165, 1.54) is 22.7 Å². The maximum Gasteiger partial charge on any atom is 0.281 e. The van der Waals surface area contributed by atoms with Crippen molar-refractivity contribution < 1.29 is 13.5 Å². The Hall–Kier alpha value is -0.170. The van der Waals surface area contributed by atoms with Crippen LogP contribution in [-0.2, 0) is 10.2 Å². The molecule has 13 heavy (non-hydrogen) atoms. The first-order valence-corrected chi connectivity index (χ1v) is 5.70. The third-order valence-corrected chi connectivity index (χ3v) is 4.15. The van der Waals surface area contributed by atoms with Crippen molar-refractivity contribution in [1.29, 1.82) is 0 Å². The van der Waals surface area contributed by atoms with Gasteiger partial charge in [-0.25, -0.2) is 0 Å². The molecule has 0 aromatic heterocycles. The van der Waals surface area contributed by atoms with E-state index in [0.717, 1.165) is 0 Å². The second-order valence-corrected chi connectivity index (χ2v) is 5.56. The SMILES string of the molecule is CN(C)S(=O)(=O)N1CCC(O)CC1. The molecule has 0 spiro atoms. The average molecular weight is 208 g/mol. The van der Waals surface area contributed by atoms with E-state index in [9.17, 15) is 13.5 Å². The molecular formula is C7H16N2O3S. The standard InChI is InChI=1S/C7H16N2O3S/c1-8(2)13(11,12)9-5-3-7(10)4-6-9/h7,10H,3-6H2,1-2H3. The fourth-order valence-corrected chi connectivity index (χ4v) is 2.44. The molecule has 1 saturated heterocycles. The molecule has 1 rings (SSSR count). The number of rotatable bonds is 2. The molecule has 0 atom stereocenters. The first kappa shape index (κ1) is 10.9. The molecule has 0 aromatic rings. The summed E-state index contributed by atoms with van der Waals surface area (Å²) in [5.74, 6) is 0. The van der Waals surface area contributed by atoms with Crippen LogP contribution < -0.4 is 0 Å². The first-order valence-electron chi connectivity index (χ1n) is 4.30. The van der Waals surface area contributed by atoms with Crippen LogP contribution in [0.4, 0.5) is 0 Å². The number of aliphatic hydroxyl groups is 1. The van der Waals surface area contributed by atoms with E-state index >= 15 is 0 Å². The molecule has 0 radical (unpaired) electrons. The predicted molar refractivity (Wildman–Crippen MR) is 49.4 cm³/mol.